The van der Waals surface area contributed by atoms with Crippen molar-refractivity contribution in [3.8, 4) is 11.6 Å². The molecule has 0 rings (SSSR count). The van der Waals surface area contributed by atoms with Crippen molar-refractivity contribution < 1.29 is 18.3 Å². The van der Waals surface area contributed by atoms with Crippen LogP contribution in [-0.4, -0.2) is 25.4 Å². The minimum Gasteiger partial charge on any atom is -0.363 e. The first-order valence-corrected chi connectivity index (χ1v) is 6.90. The fourth-order valence-electron chi connectivity index (χ4n) is 0.823. The quantitative estimate of drug-likeness (QED) is 0.554. The van der Waals surface area contributed by atoms with E-state index < -0.39 is 7.60 Å². The molecule has 5 heteroatoms. The molecule has 94 valence electrons. The van der Waals surface area contributed by atoms with Crippen LogP contribution in [0.2, 0.25) is 0 Å². The summed E-state index contributed by atoms with van der Waals surface area (Å²) in [6.07, 6.45) is 0. The highest BCUT2D eigenvalue weighted by molar-refractivity contribution is 7.59. The fraction of sp³-hybridized carbons (Fsp3) is 0.818. The fourth-order valence-corrected chi connectivity index (χ4v) is 1.97. The Kier molecular flexibility index (Phi) is 6.94. The van der Waals surface area contributed by atoms with Crippen molar-refractivity contribution in [1.82, 2.24) is 0 Å². The van der Waals surface area contributed by atoms with Gasteiger partial charge in [0.1, 0.15) is 6.61 Å². The molecule has 0 amide bonds. The lowest BCUT2D eigenvalue weighted by Crippen LogP contribution is -2.19. The van der Waals surface area contributed by atoms with Crippen molar-refractivity contribution >= 4 is 7.60 Å². The minimum absolute atomic E-state index is 0.216. The van der Waals surface area contributed by atoms with E-state index in [2.05, 4.69) is 11.6 Å². The van der Waals surface area contributed by atoms with Crippen LogP contribution in [0.25, 0.3) is 0 Å². The summed E-state index contributed by atoms with van der Waals surface area (Å²) in [5.74, 6) is 2.67. The van der Waals surface area contributed by atoms with Crippen molar-refractivity contribution in [3.05, 3.63) is 0 Å². The Hall–Kier alpha value is -0.330. The highest BCUT2D eigenvalue weighted by Gasteiger charge is 2.19. The van der Waals surface area contributed by atoms with E-state index in [4.69, 9.17) is 13.8 Å². The molecule has 0 aromatic heterocycles. The van der Waals surface area contributed by atoms with Gasteiger partial charge in [-0.15, -0.1) is 0 Å². The Morgan fingerprint density at radius 1 is 1.12 bits per heavy atom. The Balaban J connectivity index is 4.30. The van der Waals surface area contributed by atoms with Crippen LogP contribution in [0.15, 0.2) is 0 Å². The van der Waals surface area contributed by atoms with E-state index >= 15 is 0 Å². The SMILES string of the molecule is CCOP(=O)(C#CCOC(C)(C)C)OCC. The lowest BCUT2D eigenvalue weighted by Gasteiger charge is -2.17. The monoisotopic (exact) mass is 248 g/mol. The minimum atomic E-state index is -3.24. The van der Waals surface area contributed by atoms with Gasteiger partial charge in [-0.2, -0.15) is 0 Å². The van der Waals surface area contributed by atoms with Crippen molar-refractivity contribution in [3.63, 3.8) is 0 Å². The molecule has 0 aliphatic carbocycles. The first-order chi connectivity index (χ1) is 7.33. The van der Waals surface area contributed by atoms with E-state index in [1.165, 1.54) is 0 Å². The van der Waals surface area contributed by atoms with Gasteiger partial charge in [-0.3, -0.25) is 9.05 Å². The molecule has 0 spiro atoms. The van der Waals surface area contributed by atoms with Crippen molar-refractivity contribution in [2.24, 2.45) is 0 Å². The lowest BCUT2D eigenvalue weighted by atomic mass is 10.2. The van der Waals surface area contributed by atoms with Gasteiger partial charge in [-0.1, -0.05) is 5.92 Å². The van der Waals surface area contributed by atoms with Crippen LogP contribution < -0.4 is 0 Å². The van der Waals surface area contributed by atoms with Gasteiger partial charge >= 0.3 is 7.60 Å². The lowest BCUT2D eigenvalue weighted by molar-refractivity contribution is 0.0181. The van der Waals surface area contributed by atoms with Crippen LogP contribution in [-0.2, 0) is 18.3 Å². The average molecular weight is 248 g/mol. The van der Waals surface area contributed by atoms with Crippen LogP contribution >= 0.6 is 7.60 Å². The van der Waals surface area contributed by atoms with Crippen molar-refractivity contribution in [2.75, 3.05) is 19.8 Å². The van der Waals surface area contributed by atoms with Gasteiger partial charge in [-0.05, 0) is 34.6 Å². The molecule has 0 atom stereocenters. The van der Waals surface area contributed by atoms with E-state index in [-0.39, 0.29) is 12.2 Å². The molecule has 4 nitrogen and oxygen atoms in total. The summed E-state index contributed by atoms with van der Waals surface area (Å²) in [6.45, 7) is 10.1. The summed E-state index contributed by atoms with van der Waals surface area (Å²) >= 11 is 0. The summed E-state index contributed by atoms with van der Waals surface area (Å²) in [5.41, 5.74) is 2.25. The average Bonchev–Trinajstić information content (AvgIpc) is 2.12. The van der Waals surface area contributed by atoms with Crippen LogP contribution in [0.5, 0.6) is 0 Å². The maximum Gasteiger partial charge on any atom is 0.405 e. The molecule has 0 N–H and O–H groups in total. The van der Waals surface area contributed by atoms with Gasteiger partial charge in [0.05, 0.1) is 18.8 Å². The highest BCUT2D eigenvalue weighted by Crippen LogP contribution is 2.46. The van der Waals surface area contributed by atoms with Gasteiger partial charge in [-0.25, -0.2) is 4.57 Å². The molecule has 0 aliphatic rings. The topological polar surface area (TPSA) is 44.8 Å². The molecule has 0 saturated heterocycles. The van der Waals surface area contributed by atoms with Crippen molar-refractivity contribution in [1.29, 1.82) is 0 Å². The predicted molar refractivity (Wildman–Crippen MR) is 64.3 cm³/mol. The molecular formula is C11H21O4P. The summed E-state index contributed by atoms with van der Waals surface area (Å²) < 4.78 is 27.3. The van der Waals surface area contributed by atoms with Gasteiger partial charge in [0.25, 0.3) is 0 Å². The summed E-state index contributed by atoms with van der Waals surface area (Å²) in [5, 5.41) is 0. The second kappa shape index (κ2) is 7.09. The van der Waals surface area contributed by atoms with E-state index in [1.54, 1.807) is 13.8 Å². The van der Waals surface area contributed by atoms with E-state index in [9.17, 15) is 4.57 Å². The first kappa shape index (κ1) is 15.7. The van der Waals surface area contributed by atoms with Crippen LogP contribution in [0.4, 0.5) is 0 Å². The number of rotatable bonds is 5. The first-order valence-electron chi connectivity index (χ1n) is 5.36. The normalized spacial score (nSPS) is 12.1. The molecule has 0 unspecified atom stereocenters. The predicted octanol–water partition coefficient (Wildman–Crippen LogP) is 3.03. The van der Waals surface area contributed by atoms with Crippen LogP contribution in [0.3, 0.4) is 0 Å². The Labute approximate surface area is 98.2 Å². The van der Waals surface area contributed by atoms with E-state index in [1.807, 2.05) is 20.8 Å². The van der Waals surface area contributed by atoms with Crippen LogP contribution in [0, 0.1) is 11.6 Å². The molecule has 0 heterocycles. The van der Waals surface area contributed by atoms with Gasteiger partial charge < -0.3 is 4.74 Å². The van der Waals surface area contributed by atoms with Gasteiger partial charge in [0.2, 0.25) is 0 Å². The molecule has 0 bridgehead atoms. The molecular weight excluding hydrogens is 227 g/mol. The van der Waals surface area contributed by atoms with Crippen LogP contribution in [0.1, 0.15) is 34.6 Å². The summed E-state index contributed by atoms with van der Waals surface area (Å²) in [7, 11) is -3.24. The Morgan fingerprint density at radius 2 is 1.62 bits per heavy atom. The largest absolute Gasteiger partial charge is 0.405 e. The van der Waals surface area contributed by atoms with E-state index in [0.717, 1.165) is 0 Å². The molecule has 0 fully saturated rings. The van der Waals surface area contributed by atoms with Gasteiger partial charge in [0.15, 0.2) is 0 Å². The van der Waals surface area contributed by atoms with E-state index in [0.29, 0.717) is 13.2 Å². The summed E-state index contributed by atoms with van der Waals surface area (Å²) in [4.78, 5) is 0. The second-order valence-electron chi connectivity index (χ2n) is 4.02. The maximum absolute atomic E-state index is 11.9. The smallest absolute Gasteiger partial charge is 0.363 e. The molecule has 0 aromatic carbocycles. The second-order valence-corrected chi connectivity index (χ2v) is 5.76. The Bertz CT molecular complexity index is 285. The molecule has 0 radical (unpaired) electrons. The molecule has 0 aliphatic heterocycles. The number of ether oxygens (including phenoxy) is 1. The summed E-state index contributed by atoms with van der Waals surface area (Å²) in [6, 6.07) is 0. The maximum atomic E-state index is 11.9. The number of hydrogen-bond donors (Lipinski definition) is 0. The Morgan fingerprint density at radius 3 is 2.00 bits per heavy atom. The van der Waals surface area contributed by atoms with Gasteiger partial charge in [0, 0.05) is 5.66 Å². The molecule has 0 saturated carbocycles. The third-order valence-corrected chi connectivity index (χ3v) is 3.02. The third-order valence-electron chi connectivity index (χ3n) is 1.39. The zero-order valence-electron chi connectivity index (χ0n) is 10.7. The standard InChI is InChI=1S/C11H21O4P/c1-6-14-16(12,15-7-2)10-8-9-13-11(3,4)5/h6-7,9H2,1-5H3. The molecule has 0 aromatic rings. The number of hydrogen-bond acceptors (Lipinski definition) is 4. The zero-order valence-corrected chi connectivity index (χ0v) is 11.6. The third kappa shape index (κ3) is 7.90. The van der Waals surface area contributed by atoms with Crippen molar-refractivity contribution in [2.45, 2.75) is 40.2 Å². The molecule has 16 heavy (non-hydrogen) atoms. The highest BCUT2D eigenvalue weighted by atomic mass is 31.2. The zero-order chi connectivity index (χ0) is 12.7.